The van der Waals surface area contributed by atoms with Gasteiger partial charge < -0.3 is 4.74 Å². The van der Waals surface area contributed by atoms with Gasteiger partial charge in [0.15, 0.2) is 5.75 Å². The van der Waals surface area contributed by atoms with Crippen molar-refractivity contribution in [2.45, 2.75) is 24.8 Å². The smallest absolute Gasteiger partial charge is 0.343 e. The first-order chi connectivity index (χ1) is 11.6. The van der Waals surface area contributed by atoms with E-state index in [0.717, 1.165) is 0 Å². The van der Waals surface area contributed by atoms with Crippen LogP contribution in [0.2, 0.25) is 10.0 Å². The third-order valence-electron chi connectivity index (χ3n) is 3.59. The zero-order chi connectivity index (χ0) is 18.8. The molecule has 0 heterocycles. The van der Waals surface area contributed by atoms with Gasteiger partial charge in [-0.2, -0.15) is 4.31 Å². The first-order valence-electron chi connectivity index (χ1n) is 7.39. The summed E-state index contributed by atoms with van der Waals surface area (Å²) in [6, 6.07) is 10.1. The van der Waals surface area contributed by atoms with E-state index >= 15 is 0 Å². The Morgan fingerprint density at radius 1 is 1.12 bits per heavy atom. The van der Waals surface area contributed by atoms with Crippen LogP contribution in [0.1, 0.15) is 24.2 Å². The van der Waals surface area contributed by atoms with Crippen LogP contribution in [0.5, 0.6) is 5.75 Å². The molecule has 8 heteroatoms. The number of rotatable bonds is 5. The van der Waals surface area contributed by atoms with Crippen LogP contribution >= 0.6 is 23.2 Å². The van der Waals surface area contributed by atoms with Gasteiger partial charge in [0.25, 0.3) is 0 Å². The molecule has 0 aliphatic heterocycles. The van der Waals surface area contributed by atoms with Gasteiger partial charge in [-0.3, -0.25) is 0 Å². The number of carbonyl (C=O) groups excluding carboxylic acids is 1. The van der Waals surface area contributed by atoms with Crippen LogP contribution in [0, 0.1) is 0 Å². The van der Waals surface area contributed by atoms with E-state index in [1.165, 1.54) is 41.7 Å². The molecule has 5 nitrogen and oxygen atoms in total. The van der Waals surface area contributed by atoms with Crippen molar-refractivity contribution in [2.24, 2.45) is 0 Å². The standard InChI is InChI=1S/C17H17Cl2NO4S/c1-11(2)20(3)25(22,23)13-7-4-6-12(10-13)17(21)24-15-9-5-8-14(18)16(15)19/h4-11H,1-3H3. The fourth-order valence-electron chi connectivity index (χ4n) is 1.95. The second-order valence-electron chi connectivity index (χ2n) is 5.58. The zero-order valence-electron chi connectivity index (χ0n) is 13.9. The van der Waals surface area contributed by atoms with Gasteiger partial charge in [0, 0.05) is 13.1 Å². The van der Waals surface area contributed by atoms with E-state index in [1.807, 2.05) is 0 Å². The fraction of sp³-hybridized carbons (Fsp3) is 0.235. The highest BCUT2D eigenvalue weighted by Crippen LogP contribution is 2.32. The summed E-state index contributed by atoms with van der Waals surface area (Å²) in [5.41, 5.74) is 0.0919. The zero-order valence-corrected chi connectivity index (χ0v) is 16.2. The van der Waals surface area contributed by atoms with Gasteiger partial charge in [-0.15, -0.1) is 0 Å². The first kappa shape index (κ1) is 19.7. The molecule has 0 aliphatic carbocycles. The summed E-state index contributed by atoms with van der Waals surface area (Å²) in [4.78, 5) is 12.3. The number of esters is 1. The molecule has 0 atom stereocenters. The van der Waals surface area contributed by atoms with Crippen LogP contribution in [-0.4, -0.2) is 31.8 Å². The first-order valence-corrected chi connectivity index (χ1v) is 9.58. The largest absolute Gasteiger partial charge is 0.421 e. The highest BCUT2D eigenvalue weighted by Gasteiger charge is 2.24. The predicted molar refractivity (Wildman–Crippen MR) is 97.9 cm³/mol. The lowest BCUT2D eigenvalue weighted by molar-refractivity contribution is 0.0734. The van der Waals surface area contributed by atoms with Gasteiger partial charge in [0.1, 0.15) is 5.02 Å². The molecule has 0 aromatic heterocycles. The Hall–Kier alpha value is -1.60. The molecule has 0 spiro atoms. The lowest BCUT2D eigenvalue weighted by atomic mass is 10.2. The second-order valence-corrected chi connectivity index (χ2v) is 8.37. The average molecular weight is 402 g/mol. The summed E-state index contributed by atoms with van der Waals surface area (Å²) in [5, 5.41) is 0.364. The Morgan fingerprint density at radius 3 is 2.40 bits per heavy atom. The number of hydrogen-bond donors (Lipinski definition) is 0. The Bertz CT molecular complexity index is 897. The maximum absolute atomic E-state index is 12.5. The predicted octanol–water partition coefficient (Wildman–Crippen LogP) is 4.24. The van der Waals surface area contributed by atoms with E-state index in [2.05, 4.69) is 0 Å². The maximum atomic E-state index is 12.5. The molecule has 25 heavy (non-hydrogen) atoms. The van der Waals surface area contributed by atoms with E-state index in [0.29, 0.717) is 0 Å². The van der Waals surface area contributed by atoms with E-state index in [-0.39, 0.29) is 32.3 Å². The average Bonchev–Trinajstić information content (AvgIpc) is 2.58. The molecule has 2 aromatic rings. The molecule has 0 aliphatic rings. The summed E-state index contributed by atoms with van der Waals surface area (Å²) < 4.78 is 31.5. The SMILES string of the molecule is CC(C)N(C)S(=O)(=O)c1cccc(C(=O)Oc2cccc(Cl)c2Cl)c1. The number of nitrogens with zero attached hydrogens (tertiary/aromatic N) is 1. The molecule has 0 saturated carbocycles. The normalized spacial score (nSPS) is 11.8. The molecular weight excluding hydrogens is 385 g/mol. The molecule has 0 amide bonds. The van der Waals surface area contributed by atoms with E-state index in [4.69, 9.17) is 27.9 Å². The lowest BCUT2D eigenvalue weighted by Gasteiger charge is -2.21. The minimum atomic E-state index is -3.70. The van der Waals surface area contributed by atoms with Crippen molar-refractivity contribution in [1.29, 1.82) is 0 Å². The molecule has 0 fully saturated rings. The van der Waals surface area contributed by atoms with Crippen LogP contribution < -0.4 is 4.74 Å². The Morgan fingerprint density at radius 2 is 1.76 bits per heavy atom. The van der Waals surface area contributed by atoms with Crippen LogP contribution in [0.25, 0.3) is 0 Å². The third kappa shape index (κ3) is 4.33. The lowest BCUT2D eigenvalue weighted by Crippen LogP contribution is -2.33. The molecular formula is C17H17Cl2NO4S. The number of hydrogen-bond acceptors (Lipinski definition) is 4. The van der Waals surface area contributed by atoms with Crippen LogP contribution in [0.15, 0.2) is 47.4 Å². The number of sulfonamides is 1. The molecule has 0 radical (unpaired) electrons. The van der Waals surface area contributed by atoms with E-state index < -0.39 is 16.0 Å². The molecule has 0 N–H and O–H groups in total. The minimum Gasteiger partial charge on any atom is -0.421 e. The van der Waals surface area contributed by atoms with Crippen molar-refractivity contribution in [3.8, 4) is 5.75 Å². The van der Waals surface area contributed by atoms with Crippen LogP contribution in [0.4, 0.5) is 0 Å². The minimum absolute atomic E-state index is 0.00958. The number of carbonyl (C=O) groups is 1. The summed E-state index contributed by atoms with van der Waals surface area (Å²) in [5.74, 6) is -0.625. The van der Waals surface area contributed by atoms with Gasteiger partial charge >= 0.3 is 5.97 Å². The van der Waals surface area contributed by atoms with Crippen molar-refractivity contribution in [1.82, 2.24) is 4.31 Å². The Kier molecular flexibility index (Phi) is 6.11. The number of benzene rings is 2. The quantitative estimate of drug-likeness (QED) is 0.554. The second kappa shape index (κ2) is 7.74. The van der Waals surface area contributed by atoms with E-state index in [9.17, 15) is 13.2 Å². The number of halogens is 2. The van der Waals surface area contributed by atoms with Gasteiger partial charge in [-0.05, 0) is 44.2 Å². The van der Waals surface area contributed by atoms with Crippen molar-refractivity contribution in [3.05, 3.63) is 58.1 Å². The highest BCUT2D eigenvalue weighted by atomic mass is 35.5. The van der Waals surface area contributed by atoms with Crippen LogP contribution in [-0.2, 0) is 10.0 Å². The number of ether oxygens (including phenoxy) is 1. The van der Waals surface area contributed by atoms with Gasteiger partial charge in [-0.1, -0.05) is 35.3 Å². The molecule has 134 valence electrons. The Balaban J connectivity index is 2.32. The van der Waals surface area contributed by atoms with Gasteiger partial charge in [0.2, 0.25) is 10.0 Å². The van der Waals surface area contributed by atoms with Crippen molar-refractivity contribution >= 4 is 39.2 Å². The Labute approximate surface area is 157 Å². The molecule has 0 unspecified atom stereocenters. The van der Waals surface area contributed by atoms with E-state index in [1.54, 1.807) is 26.0 Å². The maximum Gasteiger partial charge on any atom is 0.343 e. The van der Waals surface area contributed by atoms with Crippen LogP contribution in [0.3, 0.4) is 0 Å². The molecule has 0 saturated heterocycles. The molecule has 2 rings (SSSR count). The summed E-state index contributed by atoms with van der Waals surface area (Å²) in [7, 11) is -2.22. The van der Waals surface area contributed by atoms with Crippen molar-refractivity contribution in [3.63, 3.8) is 0 Å². The topological polar surface area (TPSA) is 63.7 Å². The summed E-state index contributed by atoms with van der Waals surface area (Å²) in [6.45, 7) is 3.52. The molecule has 2 aromatic carbocycles. The summed E-state index contributed by atoms with van der Waals surface area (Å²) >= 11 is 11.9. The van der Waals surface area contributed by atoms with Crippen molar-refractivity contribution < 1.29 is 17.9 Å². The fourth-order valence-corrected chi connectivity index (χ4v) is 3.69. The molecule has 0 bridgehead atoms. The summed E-state index contributed by atoms with van der Waals surface area (Å²) in [6.07, 6.45) is 0. The third-order valence-corrected chi connectivity index (χ3v) is 6.42. The monoisotopic (exact) mass is 401 g/mol. The van der Waals surface area contributed by atoms with Crippen molar-refractivity contribution in [2.75, 3.05) is 7.05 Å². The van der Waals surface area contributed by atoms with Gasteiger partial charge in [0.05, 0.1) is 15.5 Å². The van der Waals surface area contributed by atoms with Gasteiger partial charge in [-0.25, -0.2) is 13.2 Å². The highest BCUT2D eigenvalue weighted by molar-refractivity contribution is 7.89.